The van der Waals surface area contributed by atoms with Crippen LogP contribution in [0.1, 0.15) is 34.6 Å². The van der Waals surface area contributed by atoms with E-state index in [4.69, 9.17) is 12.2 Å². The predicted octanol–water partition coefficient (Wildman–Crippen LogP) is 1.20. The first kappa shape index (κ1) is 12.7. The van der Waals surface area contributed by atoms with Gasteiger partial charge in [-0.3, -0.25) is 5.32 Å². The smallest absolute Gasteiger partial charge is 0.167 e. The molecule has 0 aliphatic carbocycles. The molecule has 0 radical (unpaired) electrons. The summed E-state index contributed by atoms with van der Waals surface area (Å²) in [6.07, 6.45) is 0. The van der Waals surface area contributed by atoms with Gasteiger partial charge in [-0.1, -0.05) is 0 Å². The molecule has 0 bridgehead atoms. The maximum absolute atomic E-state index is 5.06. The lowest BCUT2D eigenvalue weighted by Gasteiger charge is -2.22. The summed E-state index contributed by atoms with van der Waals surface area (Å²) in [4.78, 5) is 0. The normalized spacial score (nSPS) is 11.5. The highest BCUT2D eigenvalue weighted by molar-refractivity contribution is 7.80. The van der Waals surface area contributed by atoms with Crippen LogP contribution in [0.4, 0.5) is 0 Å². The Kier molecular flexibility index (Phi) is 5.25. The number of hydrogen-bond donors (Lipinski definition) is 3. The summed E-state index contributed by atoms with van der Waals surface area (Å²) in [5.41, 5.74) is 0.125. The van der Waals surface area contributed by atoms with E-state index in [0.29, 0.717) is 17.8 Å². The van der Waals surface area contributed by atoms with E-state index in [1.165, 1.54) is 0 Å². The van der Waals surface area contributed by atoms with E-state index in [1.807, 2.05) is 0 Å². The van der Waals surface area contributed by atoms with Gasteiger partial charge in [-0.2, -0.15) is 0 Å². The summed E-state index contributed by atoms with van der Waals surface area (Å²) >= 11 is 5.06. The van der Waals surface area contributed by atoms with Crippen molar-refractivity contribution in [2.75, 3.05) is 6.67 Å². The molecule has 0 aliphatic rings. The van der Waals surface area contributed by atoms with Crippen LogP contribution in [0, 0.1) is 0 Å². The molecule has 0 aromatic heterocycles. The lowest BCUT2D eigenvalue weighted by molar-refractivity contribution is 0.421. The quantitative estimate of drug-likeness (QED) is 0.476. The third-order valence-electron chi connectivity index (χ3n) is 1.29. The van der Waals surface area contributed by atoms with Crippen molar-refractivity contribution in [3.8, 4) is 0 Å². The molecule has 0 rings (SSSR count). The number of rotatable bonds is 3. The molecule has 0 aromatic carbocycles. The van der Waals surface area contributed by atoms with Gasteiger partial charge in [0.25, 0.3) is 0 Å². The van der Waals surface area contributed by atoms with Crippen molar-refractivity contribution in [1.29, 1.82) is 0 Å². The summed E-state index contributed by atoms with van der Waals surface area (Å²) in [7, 11) is 0. The topological polar surface area (TPSA) is 36.1 Å². The highest BCUT2D eigenvalue weighted by Crippen LogP contribution is 1.95. The second-order valence-corrected chi connectivity index (χ2v) is 4.82. The monoisotopic (exact) mass is 203 g/mol. The first-order valence-electron chi connectivity index (χ1n) is 4.60. The maximum atomic E-state index is 5.06. The molecule has 0 saturated heterocycles. The molecule has 0 spiro atoms. The van der Waals surface area contributed by atoms with Gasteiger partial charge in [0.05, 0.1) is 6.67 Å². The molecule has 13 heavy (non-hydrogen) atoms. The van der Waals surface area contributed by atoms with E-state index in [-0.39, 0.29) is 5.54 Å². The van der Waals surface area contributed by atoms with Crippen LogP contribution < -0.4 is 16.0 Å². The van der Waals surface area contributed by atoms with Crippen molar-refractivity contribution in [3.63, 3.8) is 0 Å². The van der Waals surface area contributed by atoms with Gasteiger partial charge in [-0.15, -0.1) is 0 Å². The third-order valence-corrected chi connectivity index (χ3v) is 1.55. The Bertz CT molecular complexity index is 161. The minimum absolute atomic E-state index is 0.125. The fraction of sp³-hybridized carbons (Fsp3) is 0.889. The van der Waals surface area contributed by atoms with Crippen LogP contribution in [0.3, 0.4) is 0 Å². The average Bonchev–Trinajstić information content (AvgIpc) is 1.81. The molecule has 3 nitrogen and oxygen atoms in total. The zero-order valence-corrected chi connectivity index (χ0v) is 10.0. The highest BCUT2D eigenvalue weighted by Gasteiger charge is 2.07. The molecule has 0 aliphatic heterocycles. The Hall–Kier alpha value is -0.350. The molecule has 0 heterocycles. The molecule has 0 unspecified atom stereocenters. The third kappa shape index (κ3) is 9.56. The zero-order valence-electron chi connectivity index (χ0n) is 9.19. The van der Waals surface area contributed by atoms with Gasteiger partial charge >= 0.3 is 0 Å². The lowest BCUT2D eigenvalue weighted by Crippen LogP contribution is -2.47. The van der Waals surface area contributed by atoms with E-state index in [0.717, 1.165) is 0 Å². The summed E-state index contributed by atoms with van der Waals surface area (Å²) in [5, 5.41) is 10.2. The van der Waals surface area contributed by atoms with Gasteiger partial charge in [0.15, 0.2) is 5.11 Å². The van der Waals surface area contributed by atoms with Crippen molar-refractivity contribution in [2.45, 2.75) is 46.2 Å². The minimum atomic E-state index is 0.125. The lowest BCUT2D eigenvalue weighted by atomic mass is 10.1. The minimum Gasteiger partial charge on any atom is -0.361 e. The summed E-state index contributed by atoms with van der Waals surface area (Å²) < 4.78 is 0. The molecule has 4 heteroatoms. The van der Waals surface area contributed by atoms with Gasteiger partial charge in [-0.25, -0.2) is 0 Å². The van der Waals surface area contributed by atoms with E-state index in [2.05, 4.69) is 50.6 Å². The largest absolute Gasteiger partial charge is 0.361 e. The zero-order chi connectivity index (χ0) is 10.5. The fourth-order valence-corrected chi connectivity index (χ4v) is 1.01. The summed E-state index contributed by atoms with van der Waals surface area (Å²) in [5.74, 6) is 0. The molecule has 3 N–H and O–H groups in total. The van der Waals surface area contributed by atoms with Gasteiger partial charge in [0.1, 0.15) is 0 Å². The Labute approximate surface area is 86.7 Å². The number of hydrogen-bond acceptors (Lipinski definition) is 2. The highest BCUT2D eigenvalue weighted by atomic mass is 32.1. The SMILES string of the molecule is CC(C)NC(=S)NCNC(C)(C)C. The molecule has 78 valence electrons. The van der Waals surface area contributed by atoms with E-state index in [9.17, 15) is 0 Å². The second-order valence-electron chi connectivity index (χ2n) is 4.41. The van der Waals surface area contributed by atoms with Gasteiger partial charge in [0, 0.05) is 11.6 Å². The molecule has 0 amide bonds. The van der Waals surface area contributed by atoms with Crippen LogP contribution >= 0.6 is 12.2 Å². The Morgan fingerprint density at radius 1 is 1.31 bits per heavy atom. The molecule has 0 atom stereocenters. The molecule has 0 fully saturated rings. The van der Waals surface area contributed by atoms with Gasteiger partial charge in [0.2, 0.25) is 0 Å². The second kappa shape index (κ2) is 5.40. The first-order chi connectivity index (χ1) is 5.81. The van der Waals surface area contributed by atoms with Crippen LogP contribution in [0.15, 0.2) is 0 Å². The summed E-state index contributed by atoms with van der Waals surface area (Å²) in [6.45, 7) is 11.2. The predicted molar refractivity (Wildman–Crippen MR) is 61.8 cm³/mol. The van der Waals surface area contributed by atoms with Crippen molar-refractivity contribution in [1.82, 2.24) is 16.0 Å². The van der Waals surface area contributed by atoms with Crippen LogP contribution in [0.25, 0.3) is 0 Å². The van der Waals surface area contributed by atoms with Gasteiger partial charge in [-0.05, 0) is 46.8 Å². The maximum Gasteiger partial charge on any atom is 0.167 e. The summed E-state index contributed by atoms with van der Waals surface area (Å²) in [6, 6.07) is 0.384. The Balaban J connectivity index is 3.49. The molecule has 0 aromatic rings. The molecule has 0 saturated carbocycles. The van der Waals surface area contributed by atoms with Crippen LogP contribution in [0.5, 0.6) is 0 Å². The van der Waals surface area contributed by atoms with Crippen molar-refractivity contribution in [3.05, 3.63) is 0 Å². The van der Waals surface area contributed by atoms with Crippen LogP contribution in [-0.4, -0.2) is 23.4 Å². The Morgan fingerprint density at radius 2 is 1.85 bits per heavy atom. The molecular formula is C9H21N3S. The Morgan fingerprint density at radius 3 is 2.23 bits per heavy atom. The first-order valence-corrected chi connectivity index (χ1v) is 5.01. The standard InChI is InChI=1S/C9H21N3S/c1-7(2)12-8(13)10-6-11-9(3,4)5/h7,11H,6H2,1-5H3,(H2,10,12,13). The average molecular weight is 203 g/mol. The van der Waals surface area contributed by atoms with E-state index >= 15 is 0 Å². The van der Waals surface area contributed by atoms with Crippen molar-refractivity contribution >= 4 is 17.3 Å². The number of thiocarbonyl (C=S) groups is 1. The van der Waals surface area contributed by atoms with Crippen molar-refractivity contribution in [2.24, 2.45) is 0 Å². The van der Waals surface area contributed by atoms with Crippen molar-refractivity contribution < 1.29 is 0 Å². The molecular weight excluding hydrogens is 182 g/mol. The van der Waals surface area contributed by atoms with E-state index in [1.54, 1.807) is 0 Å². The number of nitrogens with one attached hydrogen (secondary N) is 3. The van der Waals surface area contributed by atoms with Crippen LogP contribution in [-0.2, 0) is 0 Å². The van der Waals surface area contributed by atoms with Crippen LogP contribution in [0.2, 0.25) is 0 Å². The van der Waals surface area contributed by atoms with Gasteiger partial charge < -0.3 is 10.6 Å². The fourth-order valence-electron chi connectivity index (χ4n) is 0.703. The van der Waals surface area contributed by atoms with E-state index < -0.39 is 0 Å².